The van der Waals surface area contributed by atoms with Crippen molar-refractivity contribution in [3.63, 3.8) is 0 Å². The van der Waals surface area contributed by atoms with Gasteiger partial charge in [0, 0.05) is 0 Å². The summed E-state index contributed by atoms with van der Waals surface area (Å²) in [4.78, 5) is 10.7. The van der Waals surface area contributed by atoms with E-state index in [0.29, 0.717) is 0 Å². The third-order valence-electron chi connectivity index (χ3n) is 1.55. The molecule has 0 fully saturated rings. The maximum atomic E-state index is 10.7. The summed E-state index contributed by atoms with van der Waals surface area (Å²) in [6, 6.07) is 9.58. The minimum atomic E-state index is -0.542. The number of hydrogen-bond donors (Lipinski definition) is 0. The molecule has 0 bridgehead atoms. The number of carbonyl (C=O) groups is 1. The molecule has 3 heteroatoms. The largest absolute Gasteiger partial charge is 0.351 e. The van der Waals surface area contributed by atoms with Crippen LogP contribution in [0, 0.1) is 11.5 Å². The van der Waals surface area contributed by atoms with Crippen molar-refractivity contribution < 1.29 is 9.53 Å². The molecule has 1 rings (SSSR count). The summed E-state index contributed by atoms with van der Waals surface area (Å²) in [6.45, 7) is 0. The number of benzene rings is 1. The average molecular weight is 187 g/mol. The van der Waals surface area contributed by atoms with Gasteiger partial charge in [-0.05, 0) is 5.56 Å². The molecule has 0 heterocycles. The number of carbonyl (C=O) groups excluding carboxylic acids is 1. The Morgan fingerprint density at radius 2 is 2.14 bits per heavy atom. The second kappa shape index (κ2) is 5.55. The molecule has 0 N–H and O–H groups in total. The summed E-state index contributed by atoms with van der Waals surface area (Å²) in [5, 5.41) is 8.04. The van der Waals surface area contributed by atoms with Crippen molar-refractivity contribution in [2.24, 2.45) is 0 Å². The first kappa shape index (κ1) is 10.0. The predicted octanol–water partition coefficient (Wildman–Crippen LogP) is 2.11. The van der Waals surface area contributed by atoms with E-state index >= 15 is 0 Å². The van der Waals surface area contributed by atoms with Gasteiger partial charge in [0.15, 0.2) is 0 Å². The summed E-state index contributed by atoms with van der Waals surface area (Å²) >= 11 is 0. The Bertz CT molecular complexity index is 363. The molecule has 0 aliphatic heterocycles. The zero-order valence-electron chi connectivity index (χ0n) is 7.51. The molecule has 70 valence electrons. The molecule has 0 saturated heterocycles. The van der Waals surface area contributed by atoms with Gasteiger partial charge in [-0.25, -0.2) is 0 Å². The first-order chi connectivity index (χ1) is 6.83. The van der Waals surface area contributed by atoms with Gasteiger partial charge in [-0.15, -0.1) is 5.26 Å². The minimum absolute atomic E-state index is 0.114. The molecule has 0 atom stereocenters. The molecule has 0 amide bonds. The van der Waals surface area contributed by atoms with E-state index in [1.807, 2.05) is 30.3 Å². The normalized spacial score (nSPS) is 9.64. The third kappa shape index (κ3) is 3.55. The maximum absolute atomic E-state index is 10.7. The van der Waals surface area contributed by atoms with Gasteiger partial charge >= 0.3 is 5.97 Å². The maximum Gasteiger partial charge on any atom is 0.325 e. The lowest BCUT2D eigenvalue weighted by Gasteiger charge is -1.91. The fourth-order valence-corrected chi connectivity index (χ4v) is 0.948. The van der Waals surface area contributed by atoms with E-state index in [-0.39, 0.29) is 6.42 Å². The lowest BCUT2D eigenvalue weighted by Crippen LogP contribution is -1.96. The van der Waals surface area contributed by atoms with E-state index in [2.05, 4.69) is 4.74 Å². The number of ether oxygens (including phenoxy) is 1. The molecule has 0 saturated carbocycles. The molecule has 0 aliphatic carbocycles. The van der Waals surface area contributed by atoms with Crippen LogP contribution in [0.1, 0.15) is 12.0 Å². The van der Waals surface area contributed by atoms with Crippen LogP contribution < -0.4 is 0 Å². The highest BCUT2D eigenvalue weighted by molar-refractivity contribution is 5.73. The summed E-state index contributed by atoms with van der Waals surface area (Å²) in [5.41, 5.74) is 1.01. The van der Waals surface area contributed by atoms with Gasteiger partial charge in [-0.1, -0.05) is 42.5 Å². The summed E-state index contributed by atoms with van der Waals surface area (Å²) < 4.78 is 4.10. The third-order valence-corrected chi connectivity index (χ3v) is 1.55. The standard InChI is InChI=1S/C11H9NO2/c12-9-14-11(13)8-4-7-10-5-2-1-3-6-10/h1-7H,8H2. The van der Waals surface area contributed by atoms with Gasteiger partial charge in [0.05, 0.1) is 6.42 Å². The molecular weight excluding hydrogens is 178 g/mol. The SMILES string of the molecule is N#COC(=O)CC=Cc1ccccc1. The molecule has 0 aliphatic rings. The van der Waals surface area contributed by atoms with Gasteiger partial charge in [-0.2, -0.15) is 0 Å². The van der Waals surface area contributed by atoms with E-state index in [9.17, 15) is 4.79 Å². The van der Waals surface area contributed by atoms with Crippen LogP contribution in [0.25, 0.3) is 6.08 Å². The van der Waals surface area contributed by atoms with Crippen molar-refractivity contribution >= 4 is 12.0 Å². The Labute approximate surface area is 82.2 Å². The summed E-state index contributed by atoms with van der Waals surface area (Å²) in [7, 11) is 0. The minimum Gasteiger partial charge on any atom is -0.351 e. The highest BCUT2D eigenvalue weighted by Crippen LogP contribution is 2.01. The monoisotopic (exact) mass is 187 g/mol. The number of rotatable bonds is 3. The number of nitriles is 1. The molecule has 0 spiro atoms. The molecule has 0 aromatic heterocycles. The Morgan fingerprint density at radius 1 is 1.43 bits per heavy atom. The second-order valence-electron chi connectivity index (χ2n) is 2.58. The van der Waals surface area contributed by atoms with Crippen LogP contribution in [0.2, 0.25) is 0 Å². The van der Waals surface area contributed by atoms with Crippen LogP contribution in [-0.4, -0.2) is 5.97 Å². The lowest BCUT2D eigenvalue weighted by atomic mass is 10.2. The molecule has 1 aromatic carbocycles. The fraction of sp³-hybridized carbons (Fsp3) is 0.0909. The Balaban J connectivity index is 2.43. The van der Waals surface area contributed by atoms with Crippen molar-refractivity contribution in [3.05, 3.63) is 42.0 Å². The van der Waals surface area contributed by atoms with E-state index in [0.717, 1.165) is 5.56 Å². The van der Waals surface area contributed by atoms with Gasteiger partial charge < -0.3 is 4.74 Å². The molecule has 0 unspecified atom stereocenters. The van der Waals surface area contributed by atoms with Gasteiger partial charge in [-0.3, -0.25) is 4.79 Å². The van der Waals surface area contributed by atoms with E-state index in [1.54, 1.807) is 12.2 Å². The van der Waals surface area contributed by atoms with Crippen molar-refractivity contribution in [3.8, 4) is 6.26 Å². The van der Waals surface area contributed by atoms with Crippen LogP contribution in [0.15, 0.2) is 36.4 Å². The van der Waals surface area contributed by atoms with Crippen LogP contribution >= 0.6 is 0 Å². The van der Waals surface area contributed by atoms with Gasteiger partial charge in [0.25, 0.3) is 6.26 Å². The first-order valence-corrected chi connectivity index (χ1v) is 4.13. The summed E-state index contributed by atoms with van der Waals surface area (Å²) in [5.74, 6) is -0.542. The van der Waals surface area contributed by atoms with E-state index < -0.39 is 5.97 Å². The molecule has 14 heavy (non-hydrogen) atoms. The van der Waals surface area contributed by atoms with Crippen molar-refractivity contribution in [2.45, 2.75) is 6.42 Å². The van der Waals surface area contributed by atoms with E-state index in [4.69, 9.17) is 5.26 Å². The van der Waals surface area contributed by atoms with Crippen molar-refractivity contribution in [1.29, 1.82) is 5.26 Å². The molecular formula is C11H9NO2. The van der Waals surface area contributed by atoms with E-state index in [1.165, 1.54) is 6.26 Å². The van der Waals surface area contributed by atoms with Crippen LogP contribution in [-0.2, 0) is 9.53 Å². The quantitative estimate of drug-likeness (QED) is 0.538. The topological polar surface area (TPSA) is 50.1 Å². The van der Waals surface area contributed by atoms with Crippen molar-refractivity contribution in [2.75, 3.05) is 0 Å². The zero-order valence-corrected chi connectivity index (χ0v) is 7.51. The van der Waals surface area contributed by atoms with Crippen LogP contribution in [0.4, 0.5) is 0 Å². The van der Waals surface area contributed by atoms with Crippen LogP contribution in [0.5, 0.6) is 0 Å². The zero-order chi connectivity index (χ0) is 10.2. The van der Waals surface area contributed by atoms with Gasteiger partial charge in [0.1, 0.15) is 0 Å². The Morgan fingerprint density at radius 3 is 2.79 bits per heavy atom. The second-order valence-corrected chi connectivity index (χ2v) is 2.58. The predicted molar refractivity (Wildman–Crippen MR) is 51.8 cm³/mol. The number of hydrogen-bond acceptors (Lipinski definition) is 3. The number of esters is 1. The smallest absolute Gasteiger partial charge is 0.325 e. The van der Waals surface area contributed by atoms with Crippen LogP contribution in [0.3, 0.4) is 0 Å². The Hall–Kier alpha value is -2.08. The molecule has 1 aromatic rings. The average Bonchev–Trinajstić information content (AvgIpc) is 2.20. The fourth-order valence-electron chi connectivity index (χ4n) is 0.948. The highest BCUT2D eigenvalue weighted by atomic mass is 16.5. The first-order valence-electron chi connectivity index (χ1n) is 4.13. The Kier molecular flexibility index (Phi) is 3.96. The number of nitrogens with zero attached hydrogens (tertiary/aromatic N) is 1. The lowest BCUT2D eigenvalue weighted by molar-refractivity contribution is -0.135. The molecule has 0 radical (unpaired) electrons. The van der Waals surface area contributed by atoms with Crippen molar-refractivity contribution in [1.82, 2.24) is 0 Å². The summed E-state index contributed by atoms with van der Waals surface area (Å²) in [6.07, 6.45) is 4.91. The molecule has 3 nitrogen and oxygen atoms in total. The highest BCUT2D eigenvalue weighted by Gasteiger charge is 1.96. The van der Waals surface area contributed by atoms with Gasteiger partial charge in [0.2, 0.25) is 0 Å².